The molecule has 2 aromatic rings. The van der Waals surface area contributed by atoms with E-state index in [0.717, 1.165) is 5.56 Å². The van der Waals surface area contributed by atoms with Crippen molar-refractivity contribution in [3.8, 4) is 5.75 Å². The zero-order valence-electron chi connectivity index (χ0n) is 11.8. The van der Waals surface area contributed by atoms with Gasteiger partial charge in [-0.1, -0.05) is 30.3 Å². The van der Waals surface area contributed by atoms with E-state index < -0.39 is 0 Å². The molecular formula is C17H17NO3. The van der Waals surface area contributed by atoms with E-state index in [4.69, 9.17) is 15.2 Å². The lowest BCUT2D eigenvalue weighted by Crippen LogP contribution is -2.00. The van der Waals surface area contributed by atoms with Crippen LogP contribution in [0.4, 0.5) is 5.69 Å². The molecule has 0 amide bonds. The molecule has 0 spiro atoms. The van der Waals surface area contributed by atoms with Crippen LogP contribution in [0.15, 0.2) is 54.6 Å². The first kappa shape index (κ1) is 14.8. The fraction of sp³-hybridized carbons (Fsp3) is 0.118. The summed E-state index contributed by atoms with van der Waals surface area (Å²) in [4.78, 5) is 12.0. The van der Waals surface area contributed by atoms with Gasteiger partial charge in [0.05, 0.1) is 0 Å². The molecule has 2 N–H and O–H groups in total. The second-order valence-electron chi connectivity index (χ2n) is 4.40. The van der Waals surface area contributed by atoms with Crippen LogP contribution in [0.3, 0.4) is 0 Å². The summed E-state index contributed by atoms with van der Waals surface area (Å²) in [7, 11) is 1.57. The minimum absolute atomic E-state index is 0.118. The van der Waals surface area contributed by atoms with Gasteiger partial charge in [0, 0.05) is 18.4 Å². The monoisotopic (exact) mass is 283 g/mol. The number of hydrogen-bond acceptors (Lipinski definition) is 4. The molecule has 0 saturated carbocycles. The fourth-order valence-electron chi connectivity index (χ4n) is 1.79. The number of allylic oxidation sites excluding steroid dienone is 1. The summed E-state index contributed by atoms with van der Waals surface area (Å²) in [6.07, 6.45) is 3.26. The molecule has 4 nitrogen and oxygen atoms in total. The van der Waals surface area contributed by atoms with Crippen molar-refractivity contribution < 1.29 is 14.3 Å². The van der Waals surface area contributed by atoms with E-state index >= 15 is 0 Å². The summed E-state index contributed by atoms with van der Waals surface area (Å²) < 4.78 is 10.1. The Hall–Kier alpha value is -2.59. The highest BCUT2D eigenvalue weighted by Gasteiger charge is 2.04. The van der Waals surface area contributed by atoms with Crippen molar-refractivity contribution in [1.29, 1.82) is 0 Å². The van der Waals surface area contributed by atoms with Gasteiger partial charge in [0.2, 0.25) is 0 Å². The number of carbonyl (C=O) groups excluding carboxylic acids is 1. The van der Waals surface area contributed by atoms with Crippen molar-refractivity contribution in [2.24, 2.45) is 0 Å². The normalized spacial score (nSPS) is 10.7. The number of methoxy groups -OCH3 is 1. The molecular weight excluding hydrogens is 266 g/mol. The van der Waals surface area contributed by atoms with Gasteiger partial charge in [-0.3, -0.25) is 4.79 Å². The van der Waals surface area contributed by atoms with Gasteiger partial charge in [-0.05, 0) is 35.9 Å². The molecule has 0 aromatic heterocycles. The first-order valence-corrected chi connectivity index (χ1v) is 6.49. The van der Waals surface area contributed by atoms with Crippen LogP contribution in [0.5, 0.6) is 5.75 Å². The Morgan fingerprint density at radius 1 is 1.14 bits per heavy atom. The first-order valence-electron chi connectivity index (χ1n) is 6.49. The summed E-state index contributed by atoms with van der Waals surface area (Å²) in [5.41, 5.74) is 7.67. The molecule has 21 heavy (non-hydrogen) atoms. The van der Waals surface area contributed by atoms with E-state index in [9.17, 15) is 4.79 Å². The highest BCUT2D eigenvalue weighted by Crippen LogP contribution is 2.15. The van der Waals surface area contributed by atoms with Gasteiger partial charge in [-0.15, -0.1) is 0 Å². The van der Waals surface area contributed by atoms with E-state index in [-0.39, 0.29) is 12.6 Å². The van der Waals surface area contributed by atoms with Crippen LogP contribution in [0.1, 0.15) is 15.9 Å². The topological polar surface area (TPSA) is 61.5 Å². The molecule has 0 bridgehead atoms. The predicted molar refractivity (Wildman–Crippen MR) is 83.2 cm³/mol. The van der Waals surface area contributed by atoms with Gasteiger partial charge in [0.15, 0.2) is 12.6 Å². The largest absolute Gasteiger partial charge is 0.468 e. The number of carbonyl (C=O) groups is 1. The van der Waals surface area contributed by atoms with Crippen LogP contribution in [0, 0.1) is 0 Å². The van der Waals surface area contributed by atoms with Crippen molar-refractivity contribution in [2.45, 2.75) is 0 Å². The molecule has 0 heterocycles. The summed E-state index contributed by atoms with van der Waals surface area (Å²) >= 11 is 0. The lowest BCUT2D eigenvalue weighted by Gasteiger charge is -2.04. The van der Waals surface area contributed by atoms with Crippen molar-refractivity contribution in [3.05, 3.63) is 65.7 Å². The number of ether oxygens (including phenoxy) is 2. The molecule has 0 aliphatic rings. The molecule has 0 radical (unpaired) electrons. The molecule has 2 rings (SSSR count). The lowest BCUT2D eigenvalue weighted by molar-refractivity contribution is 0.0511. The molecule has 4 heteroatoms. The van der Waals surface area contributed by atoms with Crippen LogP contribution in [-0.4, -0.2) is 19.7 Å². The van der Waals surface area contributed by atoms with Crippen molar-refractivity contribution in [2.75, 3.05) is 19.6 Å². The Kier molecular flexibility index (Phi) is 5.12. The number of rotatable bonds is 6. The van der Waals surface area contributed by atoms with Crippen LogP contribution in [0.25, 0.3) is 6.08 Å². The molecule has 0 saturated heterocycles. The van der Waals surface area contributed by atoms with Crippen LogP contribution < -0.4 is 10.5 Å². The SMILES string of the molecule is COCOc1ccc(/C=C/C(=O)c2ccccc2N)cc1. The Labute approximate surface area is 123 Å². The van der Waals surface area contributed by atoms with E-state index in [1.165, 1.54) is 6.08 Å². The standard InChI is InChI=1S/C17H17NO3/c1-20-12-21-14-9-6-13(7-10-14)8-11-17(19)15-4-2-3-5-16(15)18/h2-11H,12,18H2,1H3/b11-8+. The molecule has 0 unspecified atom stereocenters. The number of nitrogen functional groups attached to an aromatic ring is 1. The smallest absolute Gasteiger partial charge is 0.188 e. The Morgan fingerprint density at radius 2 is 1.86 bits per heavy atom. The van der Waals surface area contributed by atoms with Crippen LogP contribution in [-0.2, 0) is 4.74 Å². The van der Waals surface area contributed by atoms with Gasteiger partial charge >= 0.3 is 0 Å². The molecule has 0 aliphatic carbocycles. The number of anilines is 1. The second-order valence-corrected chi connectivity index (χ2v) is 4.40. The summed E-state index contributed by atoms with van der Waals surface area (Å²) in [6, 6.07) is 14.4. The molecule has 108 valence electrons. The lowest BCUT2D eigenvalue weighted by atomic mass is 10.1. The van der Waals surface area contributed by atoms with Gasteiger partial charge in [0.1, 0.15) is 5.75 Å². The fourth-order valence-corrected chi connectivity index (χ4v) is 1.79. The van der Waals surface area contributed by atoms with Crippen molar-refractivity contribution >= 4 is 17.5 Å². The summed E-state index contributed by atoms with van der Waals surface area (Å²) in [5.74, 6) is 0.598. The predicted octanol–water partition coefficient (Wildman–Crippen LogP) is 3.15. The minimum Gasteiger partial charge on any atom is -0.468 e. The Balaban J connectivity index is 2.04. The maximum atomic E-state index is 12.0. The van der Waals surface area contributed by atoms with Crippen LogP contribution in [0.2, 0.25) is 0 Å². The quantitative estimate of drug-likeness (QED) is 0.383. The van der Waals surface area contributed by atoms with Gasteiger partial charge in [0.25, 0.3) is 0 Å². The molecule has 0 fully saturated rings. The number of nitrogens with two attached hydrogens (primary N) is 1. The third-order valence-electron chi connectivity index (χ3n) is 2.88. The Morgan fingerprint density at radius 3 is 2.52 bits per heavy atom. The minimum atomic E-state index is -0.118. The zero-order valence-corrected chi connectivity index (χ0v) is 11.8. The van der Waals surface area contributed by atoms with Crippen LogP contribution >= 0.6 is 0 Å². The van der Waals surface area contributed by atoms with E-state index in [1.807, 2.05) is 24.3 Å². The first-order chi connectivity index (χ1) is 10.2. The average molecular weight is 283 g/mol. The van der Waals surface area contributed by atoms with E-state index in [0.29, 0.717) is 17.0 Å². The third-order valence-corrected chi connectivity index (χ3v) is 2.88. The van der Waals surface area contributed by atoms with Gasteiger partial charge in [-0.25, -0.2) is 0 Å². The zero-order chi connectivity index (χ0) is 15.1. The van der Waals surface area contributed by atoms with Gasteiger partial charge < -0.3 is 15.2 Å². The second kappa shape index (κ2) is 7.26. The van der Waals surface area contributed by atoms with Crippen molar-refractivity contribution in [3.63, 3.8) is 0 Å². The van der Waals surface area contributed by atoms with Crippen molar-refractivity contribution in [1.82, 2.24) is 0 Å². The number of hydrogen-bond donors (Lipinski definition) is 1. The van der Waals surface area contributed by atoms with Gasteiger partial charge in [-0.2, -0.15) is 0 Å². The highest BCUT2D eigenvalue weighted by atomic mass is 16.7. The third kappa shape index (κ3) is 4.19. The summed E-state index contributed by atoms with van der Waals surface area (Å²) in [6.45, 7) is 0.209. The Bertz CT molecular complexity index is 633. The summed E-state index contributed by atoms with van der Waals surface area (Å²) in [5, 5.41) is 0. The highest BCUT2D eigenvalue weighted by molar-refractivity contribution is 6.10. The number of para-hydroxylation sites is 1. The number of benzene rings is 2. The molecule has 2 aromatic carbocycles. The van der Waals surface area contributed by atoms with E-state index in [2.05, 4.69) is 0 Å². The maximum absolute atomic E-state index is 12.0. The van der Waals surface area contributed by atoms with E-state index in [1.54, 1.807) is 37.5 Å². The molecule has 0 aliphatic heterocycles. The molecule has 0 atom stereocenters. The maximum Gasteiger partial charge on any atom is 0.188 e. The average Bonchev–Trinajstić information content (AvgIpc) is 2.52. The number of ketones is 1.